The topological polar surface area (TPSA) is 107 Å². The van der Waals surface area contributed by atoms with Crippen molar-refractivity contribution in [3.05, 3.63) is 89.0 Å². The van der Waals surface area contributed by atoms with Gasteiger partial charge in [0.1, 0.15) is 5.60 Å². The second-order valence-electron chi connectivity index (χ2n) is 17.4. The molecule has 3 amide bonds. The van der Waals surface area contributed by atoms with Crippen LogP contribution >= 0.6 is 0 Å². The first kappa shape index (κ1) is 38.3. The fourth-order valence-corrected chi connectivity index (χ4v) is 9.49. The number of likely N-dealkylation sites (tertiary alicyclic amines) is 2. The van der Waals surface area contributed by atoms with Crippen LogP contribution in [0.15, 0.2) is 72.3 Å². The Kier molecular flexibility index (Phi) is 10.7. The van der Waals surface area contributed by atoms with Crippen molar-refractivity contribution in [3.8, 4) is 0 Å². The van der Waals surface area contributed by atoms with Gasteiger partial charge in [-0.2, -0.15) is 0 Å². The molecule has 0 aromatic heterocycles. The molecule has 284 valence electrons. The van der Waals surface area contributed by atoms with E-state index in [9.17, 15) is 24.3 Å². The Morgan fingerprint density at radius 1 is 0.868 bits per heavy atom. The van der Waals surface area contributed by atoms with Crippen LogP contribution in [0, 0.1) is 10.8 Å². The summed E-state index contributed by atoms with van der Waals surface area (Å²) in [6.45, 7) is 15.1. The van der Waals surface area contributed by atoms with Gasteiger partial charge in [0.15, 0.2) is 0 Å². The third-order valence-electron chi connectivity index (χ3n) is 12.2. The number of amides is 3. The van der Waals surface area contributed by atoms with Gasteiger partial charge in [-0.3, -0.25) is 9.59 Å². The standard InChI is InChI=1S/C44H57N3O6/c1-41(2,3)53-40(52)47-26-11-10-14-34(47)19-20-37(48)45-28-24-44(25-29-45,33-12-8-7-9-13-33)39(51)46-27-22-36-42(4,5)35(21-23-43(36,6)30-46)31-15-17-32(18-16-31)38(49)50/h7-9,12-13,15-18,21-22,34H,10-11,14,19-20,23-30H2,1-6H3,(H,49,50)/t34?,43-/m1/s1. The van der Waals surface area contributed by atoms with Gasteiger partial charge < -0.3 is 24.5 Å². The molecule has 6 rings (SSSR count). The van der Waals surface area contributed by atoms with Gasteiger partial charge in [0.2, 0.25) is 11.8 Å². The van der Waals surface area contributed by atoms with Crippen LogP contribution in [-0.4, -0.2) is 88.0 Å². The molecule has 2 fully saturated rings. The summed E-state index contributed by atoms with van der Waals surface area (Å²) >= 11 is 0. The van der Waals surface area contributed by atoms with Crippen molar-refractivity contribution in [1.29, 1.82) is 0 Å². The summed E-state index contributed by atoms with van der Waals surface area (Å²) in [5, 5.41) is 9.40. The zero-order valence-electron chi connectivity index (χ0n) is 32.5. The fraction of sp³-hybridized carbons (Fsp3) is 0.545. The predicted octanol–water partition coefficient (Wildman–Crippen LogP) is 8.10. The molecule has 0 bridgehead atoms. The lowest BCUT2D eigenvalue weighted by atomic mass is 9.58. The molecule has 9 heteroatoms. The number of fused-ring (bicyclic) bond motifs is 1. The molecule has 0 radical (unpaired) electrons. The van der Waals surface area contributed by atoms with Gasteiger partial charge in [0.05, 0.1) is 11.0 Å². The van der Waals surface area contributed by atoms with E-state index < -0.39 is 17.0 Å². The summed E-state index contributed by atoms with van der Waals surface area (Å²) in [5.41, 5.74) is 2.94. The molecule has 0 saturated carbocycles. The maximum Gasteiger partial charge on any atom is 0.410 e. The minimum atomic E-state index is -0.936. The maximum absolute atomic E-state index is 14.9. The highest BCUT2D eigenvalue weighted by atomic mass is 16.6. The smallest absolute Gasteiger partial charge is 0.410 e. The number of carbonyl (C=O) groups is 4. The monoisotopic (exact) mass is 723 g/mol. The largest absolute Gasteiger partial charge is 0.478 e. The highest BCUT2D eigenvalue weighted by Gasteiger charge is 2.51. The molecular weight excluding hydrogens is 666 g/mol. The zero-order chi connectivity index (χ0) is 38.2. The number of rotatable bonds is 7. The normalized spacial score (nSPS) is 24.0. The van der Waals surface area contributed by atoms with Gasteiger partial charge in [-0.05, 0) is 94.5 Å². The van der Waals surface area contributed by atoms with Gasteiger partial charge in [-0.25, -0.2) is 9.59 Å². The lowest BCUT2D eigenvalue weighted by Gasteiger charge is -2.52. The Hall–Kier alpha value is -4.40. The van der Waals surface area contributed by atoms with E-state index in [2.05, 4.69) is 45.1 Å². The van der Waals surface area contributed by atoms with E-state index in [0.717, 1.165) is 36.8 Å². The van der Waals surface area contributed by atoms with Gasteiger partial charge in [0.25, 0.3) is 0 Å². The molecule has 4 aliphatic rings. The Morgan fingerprint density at radius 3 is 2.19 bits per heavy atom. The molecule has 3 aliphatic heterocycles. The van der Waals surface area contributed by atoms with Gasteiger partial charge in [-0.15, -0.1) is 0 Å². The number of carbonyl (C=O) groups excluding carboxylic acids is 3. The number of aromatic carboxylic acids is 1. The minimum absolute atomic E-state index is 0.0103. The average Bonchev–Trinajstić information content (AvgIpc) is 3.13. The molecule has 1 N–H and O–H groups in total. The highest BCUT2D eigenvalue weighted by molar-refractivity contribution is 5.90. The Bertz CT molecular complexity index is 1760. The van der Waals surface area contributed by atoms with Crippen LogP contribution in [0.3, 0.4) is 0 Å². The van der Waals surface area contributed by atoms with Crippen LogP contribution in [-0.2, 0) is 19.7 Å². The van der Waals surface area contributed by atoms with Crippen LogP contribution < -0.4 is 0 Å². The molecule has 3 heterocycles. The second-order valence-corrected chi connectivity index (χ2v) is 17.4. The zero-order valence-corrected chi connectivity index (χ0v) is 32.5. The molecule has 2 aromatic carbocycles. The molecule has 9 nitrogen and oxygen atoms in total. The van der Waals surface area contributed by atoms with Crippen molar-refractivity contribution in [2.45, 2.75) is 110 Å². The molecule has 1 unspecified atom stereocenters. The number of hydrogen-bond donors (Lipinski definition) is 1. The molecule has 0 spiro atoms. The summed E-state index contributed by atoms with van der Waals surface area (Å²) < 4.78 is 5.68. The van der Waals surface area contributed by atoms with E-state index in [4.69, 9.17) is 4.74 Å². The lowest BCUT2D eigenvalue weighted by Crippen LogP contribution is -2.57. The summed E-state index contributed by atoms with van der Waals surface area (Å²) in [6, 6.07) is 17.2. The Labute approximate surface area is 315 Å². The number of carboxylic acids is 1. The molecule has 1 aliphatic carbocycles. The maximum atomic E-state index is 14.9. The predicted molar refractivity (Wildman–Crippen MR) is 206 cm³/mol. The van der Waals surface area contributed by atoms with Crippen LogP contribution in [0.25, 0.3) is 5.57 Å². The SMILES string of the molecule is CC(C)(C)OC(=O)N1CCCCC1CCC(=O)N1CCC(C(=O)N2CC=C3C(C)(C)C(c4ccc(C(=O)O)cc4)=CC[C@]3(C)C2)(c2ccccc2)CC1. The van der Waals surface area contributed by atoms with E-state index in [1.54, 1.807) is 12.1 Å². The fourth-order valence-electron chi connectivity index (χ4n) is 9.49. The van der Waals surface area contributed by atoms with Crippen LogP contribution in [0.2, 0.25) is 0 Å². The van der Waals surface area contributed by atoms with E-state index >= 15 is 0 Å². The summed E-state index contributed by atoms with van der Waals surface area (Å²) in [4.78, 5) is 58.8. The molecule has 53 heavy (non-hydrogen) atoms. The number of ether oxygens (including phenoxy) is 1. The van der Waals surface area contributed by atoms with Crippen molar-refractivity contribution in [2.24, 2.45) is 10.8 Å². The first-order valence-corrected chi connectivity index (χ1v) is 19.4. The Balaban J connectivity index is 1.15. The number of benzene rings is 2. The Morgan fingerprint density at radius 2 is 1.55 bits per heavy atom. The quantitative estimate of drug-likeness (QED) is 0.290. The number of carboxylic acid groups (broad SMARTS) is 1. The van der Waals surface area contributed by atoms with Crippen molar-refractivity contribution in [2.75, 3.05) is 32.7 Å². The van der Waals surface area contributed by atoms with Crippen molar-refractivity contribution in [1.82, 2.24) is 14.7 Å². The highest BCUT2D eigenvalue weighted by Crippen LogP contribution is 2.55. The summed E-state index contributed by atoms with van der Waals surface area (Å²) in [6.07, 6.45) is 9.94. The second kappa shape index (κ2) is 14.8. The number of nitrogens with zero attached hydrogens (tertiary/aromatic N) is 3. The third-order valence-corrected chi connectivity index (χ3v) is 12.2. The van der Waals surface area contributed by atoms with Gasteiger partial charge in [-0.1, -0.05) is 81.0 Å². The van der Waals surface area contributed by atoms with Crippen molar-refractivity contribution >= 4 is 29.5 Å². The van der Waals surface area contributed by atoms with Crippen LogP contribution in [0.5, 0.6) is 0 Å². The van der Waals surface area contributed by atoms with Crippen LogP contribution in [0.1, 0.15) is 114 Å². The van der Waals surface area contributed by atoms with Crippen molar-refractivity contribution < 1.29 is 29.0 Å². The molecular formula is C44H57N3O6. The van der Waals surface area contributed by atoms with Gasteiger partial charge in [0, 0.05) is 56.0 Å². The van der Waals surface area contributed by atoms with E-state index in [1.807, 2.05) is 65.8 Å². The molecule has 2 aromatic rings. The van der Waals surface area contributed by atoms with Gasteiger partial charge >= 0.3 is 12.1 Å². The first-order valence-electron chi connectivity index (χ1n) is 19.4. The molecule has 2 atom stereocenters. The average molecular weight is 724 g/mol. The third kappa shape index (κ3) is 7.81. The van der Waals surface area contributed by atoms with E-state index in [-0.39, 0.29) is 40.3 Å². The minimum Gasteiger partial charge on any atom is -0.478 e. The number of allylic oxidation sites excluding steroid dienone is 2. The molecule has 2 saturated heterocycles. The number of hydrogen-bond acceptors (Lipinski definition) is 5. The summed E-state index contributed by atoms with van der Waals surface area (Å²) in [5.74, 6) is -0.731. The summed E-state index contributed by atoms with van der Waals surface area (Å²) in [7, 11) is 0. The van der Waals surface area contributed by atoms with E-state index in [1.165, 1.54) is 11.1 Å². The number of piperidine rings is 2. The van der Waals surface area contributed by atoms with E-state index in [0.29, 0.717) is 58.4 Å². The van der Waals surface area contributed by atoms with Crippen molar-refractivity contribution in [3.63, 3.8) is 0 Å². The van der Waals surface area contributed by atoms with Crippen LogP contribution in [0.4, 0.5) is 4.79 Å². The lowest BCUT2D eigenvalue weighted by molar-refractivity contribution is -0.144. The first-order chi connectivity index (χ1) is 25.0.